The molecular weight excluding hydrogens is 180 g/mol. The number of H-pyrrole nitrogens is 1. The van der Waals surface area contributed by atoms with Crippen LogP contribution in [0.1, 0.15) is 31.1 Å². The Labute approximate surface area is 83.3 Å². The Kier molecular flexibility index (Phi) is 3.10. The molecule has 5 nitrogen and oxygen atoms in total. The van der Waals surface area contributed by atoms with Gasteiger partial charge in [0.2, 0.25) is 0 Å². The van der Waals surface area contributed by atoms with Crippen LogP contribution in [0.5, 0.6) is 0 Å². The van der Waals surface area contributed by atoms with Crippen molar-refractivity contribution in [2.45, 2.75) is 25.9 Å². The number of nitrogens with zero attached hydrogens (tertiary/aromatic N) is 2. The predicted octanol–water partition coefficient (Wildman–Crippen LogP) is 0.418. The molecule has 1 aromatic rings. The van der Waals surface area contributed by atoms with Crippen LogP contribution in [0.25, 0.3) is 0 Å². The molecule has 78 valence electrons. The van der Waals surface area contributed by atoms with Crippen LogP contribution in [0, 0.1) is 0 Å². The third-order valence-corrected chi connectivity index (χ3v) is 2.25. The van der Waals surface area contributed by atoms with E-state index < -0.39 is 0 Å². The van der Waals surface area contributed by atoms with Gasteiger partial charge in [0, 0.05) is 19.5 Å². The first-order chi connectivity index (χ1) is 6.90. The van der Waals surface area contributed by atoms with Gasteiger partial charge in [-0.2, -0.15) is 5.10 Å². The molecule has 1 aliphatic rings. The second-order valence-corrected chi connectivity index (χ2v) is 3.45. The van der Waals surface area contributed by atoms with Gasteiger partial charge in [-0.25, -0.2) is 4.98 Å². The van der Waals surface area contributed by atoms with E-state index in [1.54, 1.807) is 0 Å². The molecule has 2 rings (SSSR count). The maximum atomic E-state index is 5.55. The Morgan fingerprint density at radius 2 is 2.50 bits per heavy atom. The first kappa shape index (κ1) is 9.61. The second-order valence-electron chi connectivity index (χ2n) is 3.45. The van der Waals surface area contributed by atoms with Crippen molar-refractivity contribution in [1.29, 1.82) is 0 Å². The quantitative estimate of drug-likeness (QED) is 0.735. The average Bonchev–Trinajstić information content (AvgIpc) is 2.68. The van der Waals surface area contributed by atoms with Crippen molar-refractivity contribution in [2.75, 3.05) is 19.7 Å². The SMILES string of the molecule is CCCc1nc([C@H]2CNCCO2)n[nH]1. The van der Waals surface area contributed by atoms with E-state index in [0.29, 0.717) is 0 Å². The van der Waals surface area contributed by atoms with Crippen LogP contribution in [0.4, 0.5) is 0 Å². The van der Waals surface area contributed by atoms with Gasteiger partial charge in [-0.05, 0) is 6.42 Å². The Morgan fingerprint density at radius 1 is 1.57 bits per heavy atom. The standard InChI is InChI=1S/C9H16N4O/c1-2-3-8-11-9(13-12-8)7-6-10-4-5-14-7/h7,10H,2-6H2,1H3,(H,11,12,13)/t7-/m1/s1. The highest BCUT2D eigenvalue weighted by Gasteiger charge is 2.19. The molecule has 2 N–H and O–H groups in total. The largest absolute Gasteiger partial charge is 0.367 e. The summed E-state index contributed by atoms with van der Waals surface area (Å²) in [4.78, 5) is 4.39. The molecule has 14 heavy (non-hydrogen) atoms. The van der Waals surface area contributed by atoms with Crippen LogP contribution >= 0.6 is 0 Å². The third-order valence-electron chi connectivity index (χ3n) is 2.25. The van der Waals surface area contributed by atoms with Gasteiger partial charge in [-0.1, -0.05) is 6.92 Å². The van der Waals surface area contributed by atoms with E-state index >= 15 is 0 Å². The lowest BCUT2D eigenvalue weighted by Gasteiger charge is -2.20. The zero-order chi connectivity index (χ0) is 9.80. The van der Waals surface area contributed by atoms with Gasteiger partial charge in [-0.15, -0.1) is 0 Å². The molecule has 0 unspecified atom stereocenters. The summed E-state index contributed by atoms with van der Waals surface area (Å²) >= 11 is 0. The predicted molar refractivity (Wildman–Crippen MR) is 51.9 cm³/mol. The number of hydrogen-bond acceptors (Lipinski definition) is 4. The minimum absolute atomic E-state index is 0.0191. The van der Waals surface area contributed by atoms with Crippen molar-refractivity contribution < 1.29 is 4.74 Å². The fourth-order valence-corrected chi connectivity index (χ4v) is 1.53. The fourth-order valence-electron chi connectivity index (χ4n) is 1.53. The van der Waals surface area contributed by atoms with Gasteiger partial charge >= 0.3 is 0 Å². The summed E-state index contributed by atoms with van der Waals surface area (Å²) in [5, 5.41) is 10.3. The summed E-state index contributed by atoms with van der Waals surface area (Å²) in [6, 6.07) is 0. The van der Waals surface area contributed by atoms with E-state index in [0.717, 1.165) is 44.2 Å². The molecule has 0 bridgehead atoms. The van der Waals surface area contributed by atoms with Crippen molar-refractivity contribution in [2.24, 2.45) is 0 Å². The minimum Gasteiger partial charge on any atom is -0.367 e. The van der Waals surface area contributed by atoms with Gasteiger partial charge in [0.15, 0.2) is 5.82 Å². The molecular formula is C9H16N4O. The lowest BCUT2D eigenvalue weighted by atomic mass is 10.3. The van der Waals surface area contributed by atoms with E-state index in [4.69, 9.17) is 4.74 Å². The number of aromatic nitrogens is 3. The number of ether oxygens (including phenoxy) is 1. The van der Waals surface area contributed by atoms with Crippen molar-refractivity contribution in [1.82, 2.24) is 20.5 Å². The zero-order valence-corrected chi connectivity index (χ0v) is 8.42. The van der Waals surface area contributed by atoms with Gasteiger partial charge < -0.3 is 10.1 Å². The molecule has 1 aliphatic heterocycles. The lowest BCUT2D eigenvalue weighted by molar-refractivity contribution is 0.0223. The smallest absolute Gasteiger partial charge is 0.180 e. The van der Waals surface area contributed by atoms with Gasteiger partial charge in [0.05, 0.1) is 6.61 Å². The van der Waals surface area contributed by atoms with Crippen LogP contribution in [0.15, 0.2) is 0 Å². The molecule has 0 aromatic carbocycles. The van der Waals surface area contributed by atoms with E-state index in [-0.39, 0.29) is 6.10 Å². The van der Waals surface area contributed by atoms with E-state index in [2.05, 4.69) is 27.4 Å². The Hall–Kier alpha value is -0.940. The average molecular weight is 196 g/mol. The summed E-state index contributed by atoms with van der Waals surface area (Å²) in [5.41, 5.74) is 0. The zero-order valence-electron chi connectivity index (χ0n) is 8.42. The summed E-state index contributed by atoms with van der Waals surface area (Å²) in [6.07, 6.45) is 2.05. The van der Waals surface area contributed by atoms with Crippen LogP contribution in [-0.4, -0.2) is 34.9 Å². The molecule has 2 heterocycles. The highest BCUT2D eigenvalue weighted by molar-refractivity contribution is 4.96. The number of morpholine rings is 1. The van der Waals surface area contributed by atoms with E-state index in [9.17, 15) is 0 Å². The molecule has 1 aromatic heterocycles. The molecule has 0 amide bonds. The Bertz CT molecular complexity index is 280. The molecule has 1 fully saturated rings. The highest BCUT2D eigenvalue weighted by atomic mass is 16.5. The van der Waals surface area contributed by atoms with E-state index in [1.165, 1.54) is 0 Å². The monoisotopic (exact) mass is 196 g/mol. The maximum absolute atomic E-state index is 5.55. The number of hydrogen-bond donors (Lipinski definition) is 2. The van der Waals surface area contributed by atoms with Gasteiger partial charge in [0.1, 0.15) is 11.9 Å². The summed E-state index contributed by atoms with van der Waals surface area (Å²) < 4.78 is 5.55. The van der Waals surface area contributed by atoms with Crippen molar-refractivity contribution in [3.63, 3.8) is 0 Å². The number of aromatic amines is 1. The number of nitrogens with one attached hydrogen (secondary N) is 2. The fraction of sp³-hybridized carbons (Fsp3) is 0.778. The first-order valence-corrected chi connectivity index (χ1v) is 5.13. The van der Waals surface area contributed by atoms with Gasteiger partial charge in [-0.3, -0.25) is 5.10 Å². The minimum atomic E-state index is 0.0191. The topological polar surface area (TPSA) is 62.8 Å². The molecule has 5 heteroatoms. The van der Waals surface area contributed by atoms with Gasteiger partial charge in [0.25, 0.3) is 0 Å². The molecule has 0 radical (unpaired) electrons. The second kappa shape index (κ2) is 4.52. The normalized spacial score (nSPS) is 22.5. The summed E-state index contributed by atoms with van der Waals surface area (Å²) in [7, 11) is 0. The summed E-state index contributed by atoms with van der Waals surface area (Å²) in [6.45, 7) is 4.59. The summed E-state index contributed by atoms with van der Waals surface area (Å²) in [5.74, 6) is 1.73. The third kappa shape index (κ3) is 2.10. The first-order valence-electron chi connectivity index (χ1n) is 5.13. The Morgan fingerprint density at radius 3 is 3.21 bits per heavy atom. The lowest BCUT2D eigenvalue weighted by Crippen LogP contribution is -2.33. The van der Waals surface area contributed by atoms with E-state index in [1.807, 2.05) is 0 Å². The molecule has 0 saturated carbocycles. The van der Waals surface area contributed by atoms with Crippen molar-refractivity contribution in [3.05, 3.63) is 11.6 Å². The van der Waals surface area contributed by atoms with Crippen molar-refractivity contribution >= 4 is 0 Å². The molecule has 0 spiro atoms. The number of rotatable bonds is 3. The van der Waals surface area contributed by atoms with Crippen LogP contribution in [-0.2, 0) is 11.2 Å². The Balaban J connectivity index is 2.00. The van der Waals surface area contributed by atoms with Crippen molar-refractivity contribution in [3.8, 4) is 0 Å². The number of aryl methyl sites for hydroxylation is 1. The molecule has 1 atom stereocenters. The maximum Gasteiger partial charge on any atom is 0.180 e. The van der Waals surface area contributed by atoms with Crippen LogP contribution < -0.4 is 5.32 Å². The van der Waals surface area contributed by atoms with Crippen LogP contribution in [0.2, 0.25) is 0 Å². The molecule has 0 aliphatic carbocycles. The highest BCUT2D eigenvalue weighted by Crippen LogP contribution is 2.14. The van der Waals surface area contributed by atoms with Crippen LogP contribution in [0.3, 0.4) is 0 Å². The molecule has 1 saturated heterocycles.